The first kappa shape index (κ1) is 22.1. The number of carbonyl (C=O) groups is 2. The number of nitrogens with one attached hydrogen (secondary N) is 2. The predicted molar refractivity (Wildman–Crippen MR) is 109 cm³/mol. The van der Waals surface area contributed by atoms with Crippen molar-refractivity contribution in [1.82, 2.24) is 9.97 Å². The van der Waals surface area contributed by atoms with E-state index in [1.807, 2.05) is 13.8 Å². The van der Waals surface area contributed by atoms with E-state index in [1.165, 1.54) is 18.3 Å². The van der Waals surface area contributed by atoms with Gasteiger partial charge in [-0.1, -0.05) is 19.9 Å². The van der Waals surface area contributed by atoms with Crippen LogP contribution >= 0.6 is 0 Å². The van der Waals surface area contributed by atoms with Crippen molar-refractivity contribution in [3.8, 4) is 0 Å². The Bertz CT molecular complexity index is 1020. The zero-order valence-electron chi connectivity index (χ0n) is 16.3. The Balaban J connectivity index is 2.39. The molecule has 1 unspecified atom stereocenters. The van der Waals surface area contributed by atoms with Gasteiger partial charge in [0.25, 0.3) is 5.91 Å². The number of rotatable bonds is 9. The largest absolute Gasteiger partial charge is 0.368 e. The third-order valence-corrected chi connectivity index (χ3v) is 5.04. The van der Waals surface area contributed by atoms with Crippen LogP contribution in [0.1, 0.15) is 30.6 Å². The van der Waals surface area contributed by atoms with Crippen LogP contribution in [0.15, 0.2) is 35.4 Å². The van der Waals surface area contributed by atoms with Gasteiger partial charge in [-0.15, -0.1) is 0 Å². The van der Waals surface area contributed by atoms with Crippen molar-refractivity contribution >= 4 is 39.1 Å². The topological polar surface area (TPSA) is 170 Å². The van der Waals surface area contributed by atoms with Crippen molar-refractivity contribution < 1.29 is 18.0 Å². The summed E-state index contributed by atoms with van der Waals surface area (Å²) in [6.45, 7) is 3.88. The Hall–Kier alpha value is -3.21. The van der Waals surface area contributed by atoms with Crippen molar-refractivity contribution in [3.63, 3.8) is 0 Å². The third kappa shape index (κ3) is 6.14. The summed E-state index contributed by atoms with van der Waals surface area (Å²) < 4.78 is 23.5. The molecule has 29 heavy (non-hydrogen) atoms. The third-order valence-electron chi connectivity index (χ3n) is 3.93. The number of amides is 2. The second kappa shape index (κ2) is 8.86. The number of nitrogens with zero attached hydrogens (tertiary/aromatic N) is 2. The van der Waals surface area contributed by atoms with E-state index < -0.39 is 27.7 Å². The van der Waals surface area contributed by atoms with Gasteiger partial charge in [-0.25, -0.2) is 13.4 Å². The average Bonchev–Trinajstić information content (AvgIpc) is 2.60. The van der Waals surface area contributed by atoms with Gasteiger partial charge in [0.15, 0.2) is 9.84 Å². The number of hydrogen-bond acceptors (Lipinski definition) is 8. The lowest BCUT2D eigenvalue weighted by atomic mass is 10.0. The maximum absolute atomic E-state index is 11.8. The summed E-state index contributed by atoms with van der Waals surface area (Å²) >= 11 is 0. The van der Waals surface area contributed by atoms with E-state index in [2.05, 4.69) is 20.6 Å². The second-order valence-corrected chi connectivity index (χ2v) is 8.99. The van der Waals surface area contributed by atoms with E-state index >= 15 is 0 Å². The molecule has 1 heterocycles. The van der Waals surface area contributed by atoms with Crippen LogP contribution in [-0.4, -0.2) is 42.5 Å². The molecule has 0 aliphatic rings. The van der Waals surface area contributed by atoms with Crippen LogP contribution in [0, 0.1) is 5.92 Å². The summed E-state index contributed by atoms with van der Waals surface area (Å²) in [7, 11) is -3.42. The molecule has 0 aliphatic heterocycles. The van der Waals surface area contributed by atoms with Gasteiger partial charge < -0.3 is 22.1 Å². The van der Waals surface area contributed by atoms with Crippen LogP contribution in [0.2, 0.25) is 0 Å². The molecule has 11 heteroatoms. The minimum Gasteiger partial charge on any atom is -0.368 e. The molecular formula is C18H24N6O4S. The van der Waals surface area contributed by atoms with E-state index in [1.54, 1.807) is 12.1 Å². The lowest BCUT2D eigenvalue weighted by Gasteiger charge is -2.18. The lowest BCUT2D eigenvalue weighted by molar-refractivity contribution is -0.119. The number of hydrogen-bond donors (Lipinski definition) is 4. The molecule has 0 radical (unpaired) electrons. The van der Waals surface area contributed by atoms with E-state index in [0.29, 0.717) is 12.1 Å². The highest BCUT2D eigenvalue weighted by Gasteiger charge is 2.20. The molecule has 0 fully saturated rings. The minimum absolute atomic E-state index is 0.000191. The van der Waals surface area contributed by atoms with Crippen molar-refractivity contribution in [3.05, 3.63) is 36.0 Å². The van der Waals surface area contributed by atoms with Crippen molar-refractivity contribution in [2.75, 3.05) is 16.9 Å². The van der Waals surface area contributed by atoms with E-state index in [-0.39, 0.29) is 28.1 Å². The molecule has 2 rings (SSSR count). The van der Waals surface area contributed by atoms with Crippen LogP contribution in [0.3, 0.4) is 0 Å². The smallest absolute Gasteiger partial charge is 0.254 e. The molecule has 0 aliphatic carbocycles. The van der Waals surface area contributed by atoms with Gasteiger partial charge in [-0.3, -0.25) is 9.59 Å². The van der Waals surface area contributed by atoms with Gasteiger partial charge >= 0.3 is 0 Å². The van der Waals surface area contributed by atoms with Gasteiger partial charge in [-0.2, -0.15) is 4.98 Å². The molecule has 1 aromatic carbocycles. The van der Waals surface area contributed by atoms with Crippen molar-refractivity contribution in [2.24, 2.45) is 17.4 Å². The maximum Gasteiger partial charge on any atom is 0.254 e. The maximum atomic E-state index is 11.8. The summed E-state index contributed by atoms with van der Waals surface area (Å²) in [4.78, 5) is 31.8. The number of primary amides is 2. The molecule has 0 saturated heterocycles. The molecule has 0 saturated carbocycles. The fourth-order valence-corrected chi connectivity index (χ4v) is 3.21. The normalized spacial score (nSPS) is 12.4. The zero-order valence-corrected chi connectivity index (χ0v) is 17.2. The molecule has 2 amide bonds. The lowest BCUT2D eigenvalue weighted by Crippen LogP contribution is -2.37. The van der Waals surface area contributed by atoms with Gasteiger partial charge in [0, 0.05) is 18.1 Å². The number of carbonyl (C=O) groups excluding carboxylic acids is 2. The molecule has 0 spiro atoms. The highest BCUT2D eigenvalue weighted by Crippen LogP contribution is 2.22. The highest BCUT2D eigenvalue weighted by molar-refractivity contribution is 7.90. The summed E-state index contributed by atoms with van der Waals surface area (Å²) in [5.41, 5.74) is 11.2. The highest BCUT2D eigenvalue weighted by atomic mass is 32.2. The van der Waals surface area contributed by atoms with Gasteiger partial charge in [0.1, 0.15) is 17.4 Å². The Morgan fingerprint density at radius 1 is 1.21 bits per heavy atom. The van der Waals surface area contributed by atoms with Crippen LogP contribution in [0.5, 0.6) is 0 Å². The molecule has 2 aromatic rings. The van der Waals surface area contributed by atoms with Crippen molar-refractivity contribution in [1.29, 1.82) is 0 Å². The first-order chi connectivity index (χ1) is 13.5. The summed E-state index contributed by atoms with van der Waals surface area (Å²) in [6.07, 6.45) is 2.77. The molecule has 156 valence electrons. The first-order valence-corrected chi connectivity index (χ1v) is 10.7. The first-order valence-electron chi connectivity index (χ1n) is 8.77. The molecule has 1 atom stereocenters. The van der Waals surface area contributed by atoms with Gasteiger partial charge in [0.2, 0.25) is 11.9 Å². The van der Waals surface area contributed by atoms with Gasteiger partial charge in [-0.05, 0) is 30.5 Å². The van der Waals surface area contributed by atoms with Crippen LogP contribution in [0.4, 0.5) is 17.5 Å². The van der Waals surface area contributed by atoms with Crippen LogP contribution in [-0.2, 0) is 14.6 Å². The predicted octanol–water partition coefficient (Wildman–Crippen LogP) is 1.03. The Morgan fingerprint density at radius 2 is 1.90 bits per heavy atom. The average molecular weight is 420 g/mol. The summed E-state index contributed by atoms with van der Waals surface area (Å²) in [5.74, 6) is -1.00. The van der Waals surface area contributed by atoms with Crippen LogP contribution in [0.25, 0.3) is 0 Å². The fraction of sp³-hybridized carbons (Fsp3) is 0.333. The monoisotopic (exact) mass is 420 g/mol. The molecule has 1 aromatic heterocycles. The standard InChI is InChI=1S/C18H24N6O4S/c1-10(2)7-14(16(20)26)23-18-21-9-13(15(19)25)17(24-18)22-11-5-4-6-12(8-11)29(3,27)28/h4-6,8-10,14H,7H2,1-3H3,(H2,19,25)(H2,20,26)(H2,21,22,23,24). The van der Waals surface area contributed by atoms with Crippen molar-refractivity contribution in [2.45, 2.75) is 31.2 Å². The minimum atomic E-state index is -3.42. The number of sulfone groups is 1. The van der Waals surface area contributed by atoms with Crippen LogP contribution < -0.4 is 22.1 Å². The molecule has 6 N–H and O–H groups in total. The number of anilines is 3. The zero-order chi connectivity index (χ0) is 21.8. The Morgan fingerprint density at radius 3 is 2.45 bits per heavy atom. The van der Waals surface area contributed by atoms with E-state index in [9.17, 15) is 18.0 Å². The molecule has 0 bridgehead atoms. The Labute approximate surface area is 169 Å². The Kier molecular flexibility index (Phi) is 6.75. The van der Waals surface area contributed by atoms with E-state index in [0.717, 1.165) is 6.26 Å². The van der Waals surface area contributed by atoms with E-state index in [4.69, 9.17) is 11.5 Å². The quantitative estimate of drug-likeness (QED) is 0.466. The molecule has 10 nitrogen and oxygen atoms in total. The number of benzene rings is 1. The fourth-order valence-electron chi connectivity index (χ4n) is 2.54. The van der Waals surface area contributed by atoms with Gasteiger partial charge in [0.05, 0.1) is 4.90 Å². The summed E-state index contributed by atoms with van der Waals surface area (Å²) in [5, 5.41) is 5.73. The number of aromatic nitrogens is 2. The molecular weight excluding hydrogens is 396 g/mol. The number of nitrogens with two attached hydrogens (primary N) is 2. The summed E-state index contributed by atoms with van der Waals surface area (Å²) in [6, 6.07) is 5.32. The SMILES string of the molecule is CC(C)CC(Nc1ncc(C(N)=O)c(Nc2cccc(S(C)(=O)=O)c2)n1)C(N)=O. The second-order valence-electron chi connectivity index (χ2n) is 6.97.